The van der Waals surface area contributed by atoms with E-state index in [1.807, 2.05) is 0 Å². The van der Waals surface area contributed by atoms with Gasteiger partial charge in [0.2, 0.25) is 0 Å². The molecule has 1 heteroatoms. The third-order valence-corrected chi connectivity index (χ3v) is 3.33. The molecular weight excluding hydrogens is 206 g/mol. The van der Waals surface area contributed by atoms with E-state index in [1.165, 1.54) is 57.9 Å². The van der Waals surface area contributed by atoms with Gasteiger partial charge < -0.3 is 5.32 Å². The summed E-state index contributed by atoms with van der Waals surface area (Å²) in [7, 11) is 0. The first kappa shape index (κ1) is 17.0. The zero-order valence-electron chi connectivity index (χ0n) is 12.9. The lowest BCUT2D eigenvalue weighted by Gasteiger charge is -2.25. The molecule has 0 fully saturated rings. The van der Waals surface area contributed by atoms with Crippen molar-refractivity contribution in [3.05, 3.63) is 0 Å². The van der Waals surface area contributed by atoms with Crippen LogP contribution >= 0.6 is 0 Å². The summed E-state index contributed by atoms with van der Waals surface area (Å²) >= 11 is 0. The molecule has 104 valence electrons. The Kier molecular flexibility index (Phi) is 9.91. The first-order valence-electron chi connectivity index (χ1n) is 7.74. The maximum atomic E-state index is 3.66. The zero-order valence-corrected chi connectivity index (χ0v) is 12.9. The maximum Gasteiger partial charge on any atom is 0.00966 e. The number of nitrogens with one attached hydrogen (secondary N) is 1. The van der Waals surface area contributed by atoms with Crippen molar-refractivity contribution in [3.63, 3.8) is 0 Å². The minimum atomic E-state index is 0.272. The Bertz CT molecular complexity index is 157. The molecule has 0 amide bonds. The second-order valence-corrected chi connectivity index (χ2v) is 6.49. The molecule has 0 spiro atoms. The van der Waals surface area contributed by atoms with Crippen LogP contribution in [-0.2, 0) is 0 Å². The highest BCUT2D eigenvalue weighted by atomic mass is 14.9. The second-order valence-electron chi connectivity index (χ2n) is 6.49. The van der Waals surface area contributed by atoms with Crippen molar-refractivity contribution in [2.75, 3.05) is 6.54 Å². The van der Waals surface area contributed by atoms with Crippen LogP contribution in [0.1, 0.15) is 86.0 Å². The summed E-state index contributed by atoms with van der Waals surface area (Å²) in [5, 5.41) is 3.66. The molecule has 0 saturated carbocycles. The predicted molar refractivity (Wildman–Crippen MR) is 79.5 cm³/mol. The molecule has 0 aromatic heterocycles. The molecule has 0 aliphatic carbocycles. The summed E-state index contributed by atoms with van der Waals surface area (Å²) in [4.78, 5) is 0. The van der Waals surface area contributed by atoms with E-state index >= 15 is 0 Å². The van der Waals surface area contributed by atoms with E-state index in [9.17, 15) is 0 Å². The lowest BCUT2D eigenvalue weighted by Crippen LogP contribution is -2.39. The van der Waals surface area contributed by atoms with Crippen LogP contribution in [-0.4, -0.2) is 12.1 Å². The Hall–Kier alpha value is -0.0400. The van der Waals surface area contributed by atoms with Gasteiger partial charge in [0, 0.05) is 5.54 Å². The van der Waals surface area contributed by atoms with Crippen LogP contribution in [0, 0.1) is 5.92 Å². The Morgan fingerprint density at radius 1 is 0.824 bits per heavy atom. The van der Waals surface area contributed by atoms with Crippen LogP contribution in [0.5, 0.6) is 0 Å². The third kappa shape index (κ3) is 12.2. The van der Waals surface area contributed by atoms with Gasteiger partial charge in [-0.15, -0.1) is 0 Å². The van der Waals surface area contributed by atoms with Gasteiger partial charge in [-0.25, -0.2) is 0 Å². The molecule has 0 aliphatic rings. The molecule has 0 rings (SSSR count). The summed E-state index contributed by atoms with van der Waals surface area (Å²) < 4.78 is 0. The number of hydrogen-bond acceptors (Lipinski definition) is 1. The third-order valence-electron chi connectivity index (χ3n) is 3.33. The van der Waals surface area contributed by atoms with Crippen molar-refractivity contribution in [3.8, 4) is 0 Å². The monoisotopic (exact) mass is 241 g/mol. The second kappa shape index (κ2) is 9.94. The van der Waals surface area contributed by atoms with E-state index in [2.05, 4.69) is 39.9 Å². The number of rotatable bonds is 10. The average Bonchev–Trinajstić information content (AvgIpc) is 2.24. The molecule has 17 heavy (non-hydrogen) atoms. The SMILES string of the molecule is CCCCCCCC(CCC)CNC(C)(C)C. The molecule has 0 heterocycles. The van der Waals surface area contributed by atoms with Crippen LogP contribution in [0.4, 0.5) is 0 Å². The molecular formula is C16H35N. The fourth-order valence-corrected chi connectivity index (χ4v) is 2.24. The fourth-order valence-electron chi connectivity index (χ4n) is 2.24. The van der Waals surface area contributed by atoms with Gasteiger partial charge in [0.25, 0.3) is 0 Å². The number of hydrogen-bond donors (Lipinski definition) is 1. The van der Waals surface area contributed by atoms with Crippen molar-refractivity contribution in [2.45, 2.75) is 91.5 Å². The first-order valence-corrected chi connectivity index (χ1v) is 7.74. The Morgan fingerprint density at radius 2 is 1.47 bits per heavy atom. The van der Waals surface area contributed by atoms with Crippen molar-refractivity contribution < 1.29 is 0 Å². The van der Waals surface area contributed by atoms with Crippen LogP contribution in [0.3, 0.4) is 0 Å². The van der Waals surface area contributed by atoms with Crippen LogP contribution < -0.4 is 5.32 Å². The molecule has 0 aliphatic heterocycles. The highest BCUT2D eigenvalue weighted by Gasteiger charge is 2.13. The van der Waals surface area contributed by atoms with E-state index in [-0.39, 0.29) is 5.54 Å². The molecule has 0 aromatic carbocycles. The summed E-state index contributed by atoms with van der Waals surface area (Å²) in [6.07, 6.45) is 11.2. The molecule has 0 saturated heterocycles. The van der Waals surface area contributed by atoms with Crippen LogP contribution in [0.15, 0.2) is 0 Å². The van der Waals surface area contributed by atoms with Crippen molar-refractivity contribution in [1.82, 2.24) is 5.32 Å². The largest absolute Gasteiger partial charge is 0.312 e. The standard InChI is InChI=1S/C16H35N/c1-6-8-9-10-11-13-15(12-7-2)14-17-16(3,4)5/h15,17H,6-14H2,1-5H3. The van der Waals surface area contributed by atoms with Crippen molar-refractivity contribution >= 4 is 0 Å². The summed E-state index contributed by atoms with van der Waals surface area (Å²) in [5.74, 6) is 0.890. The Labute approximate surface area is 110 Å². The molecule has 0 radical (unpaired) electrons. The normalized spacial score (nSPS) is 13.9. The van der Waals surface area contributed by atoms with Gasteiger partial charge in [-0.05, 0) is 46.1 Å². The van der Waals surface area contributed by atoms with Crippen LogP contribution in [0.2, 0.25) is 0 Å². The van der Waals surface area contributed by atoms with Crippen molar-refractivity contribution in [1.29, 1.82) is 0 Å². The topological polar surface area (TPSA) is 12.0 Å². The molecule has 1 N–H and O–H groups in total. The summed E-state index contributed by atoms with van der Waals surface area (Å²) in [6, 6.07) is 0. The Morgan fingerprint density at radius 3 is 2.00 bits per heavy atom. The van der Waals surface area contributed by atoms with Gasteiger partial charge in [-0.2, -0.15) is 0 Å². The minimum Gasteiger partial charge on any atom is -0.312 e. The van der Waals surface area contributed by atoms with Crippen LogP contribution in [0.25, 0.3) is 0 Å². The highest BCUT2D eigenvalue weighted by molar-refractivity contribution is 4.73. The van der Waals surface area contributed by atoms with E-state index in [0.29, 0.717) is 0 Å². The van der Waals surface area contributed by atoms with E-state index < -0.39 is 0 Å². The molecule has 1 unspecified atom stereocenters. The molecule has 1 nitrogen and oxygen atoms in total. The lowest BCUT2D eigenvalue weighted by atomic mass is 9.95. The van der Waals surface area contributed by atoms with E-state index in [1.54, 1.807) is 0 Å². The maximum absolute atomic E-state index is 3.66. The molecule has 1 atom stereocenters. The lowest BCUT2D eigenvalue weighted by molar-refractivity contribution is 0.336. The smallest absolute Gasteiger partial charge is 0.00966 e. The van der Waals surface area contributed by atoms with Gasteiger partial charge in [0.15, 0.2) is 0 Å². The summed E-state index contributed by atoms with van der Waals surface area (Å²) in [5.41, 5.74) is 0.272. The Balaban J connectivity index is 3.67. The average molecular weight is 241 g/mol. The number of unbranched alkanes of at least 4 members (excludes halogenated alkanes) is 4. The zero-order chi connectivity index (χ0) is 13.1. The van der Waals surface area contributed by atoms with E-state index in [4.69, 9.17) is 0 Å². The van der Waals surface area contributed by atoms with Gasteiger partial charge >= 0.3 is 0 Å². The van der Waals surface area contributed by atoms with Gasteiger partial charge in [-0.1, -0.05) is 52.4 Å². The van der Waals surface area contributed by atoms with Gasteiger partial charge in [0.1, 0.15) is 0 Å². The minimum absolute atomic E-state index is 0.272. The predicted octanol–water partition coefficient (Wildman–Crippen LogP) is 5.15. The highest BCUT2D eigenvalue weighted by Crippen LogP contribution is 2.17. The quantitative estimate of drug-likeness (QED) is 0.521. The molecule has 0 bridgehead atoms. The fraction of sp³-hybridized carbons (Fsp3) is 1.00. The molecule has 0 aromatic rings. The summed E-state index contributed by atoms with van der Waals surface area (Å²) in [6.45, 7) is 12.6. The van der Waals surface area contributed by atoms with Gasteiger partial charge in [0.05, 0.1) is 0 Å². The van der Waals surface area contributed by atoms with Crippen molar-refractivity contribution in [2.24, 2.45) is 5.92 Å². The first-order chi connectivity index (χ1) is 7.99. The van der Waals surface area contributed by atoms with E-state index in [0.717, 1.165) is 5.92 Å². The van der Waals surface area contributed by atoms with Gasteiger partial charge in [-0.3, -0.25) is 0 Å².